The van der Waals surface area contributed by atoms with Crippen LogP contribution in [0.3, 0.4) is 0 Å². The second kappa shape index (κ2) is 6.23. The van der Waals surface area contributed by atoms with E-state index in [4.69, 9.17) is 9.15 Å². The number of amides is 2. The van der Waals surface area contributed by atoms with Crippen molar-refractivity contribution in [3.8, 4) is 5.88 Å². The number of hydrogen-bond acceptors (Lipinski definition) is 5. The van der Waals surface area contributed by atoms with Gasteiger partial charge in [-0.05, 0) is 18.6 Å². The summed E-state index contributed by atoms with van der Waals surface area (Å²) in [7, 11) is 0. The van der Waals surface area contributed by atoms with Crippen LogP contribution in [0.2, 0.25) is 0 Å². The van der Waals surface area contributed by atoms with Crippen molar-refractivity contribution in [2.75, 3.05) is 26.2 Å². The van der Waals surface area contributed by atoms with Crippen LogP contribution in [-0.2, 0) is 4.79 Å². The molecule has 0 bridgehead atoms. The number of aromatic nitrogens is 1. The lowest BCUT2D eigenvalue weighted by Crippen LogP contribution is -2.41. The minimum absolute atomic E-state index is 0.00385. The summed E-state index contributed by atoms with van der Waals surface area (Å²) < 4.78 is 10.8. The van der Waals surface area contributed by atoms with E-state index in [0.29, 0.717) is 44.1 Å². The summed E-state index contributed by atoms with van der Waals surface area (Å²) in [5.74, 6) is 0.449. The third kappa shape index (κ3) is 2.75. The molecule has 0 unspecified atom stereocenters. The van der Waals surface area contributed by atoms with Crippen LogP contribution in [0.4, 0.5) is 0 Å². The molecule has 2 aliphatic rings. The monoisotopic (exact) mass is 341 g/mol. The summed E-state index contributed by atoms with van der Waals surface area (Å²) in [6.45, 7) is 1.90. The van der Waals surface area contributed by atoms with E-state index in [1.807, 2.05) is 12.1 Å². The van der Waals surface area contributed by atoms with Crippen molar-refractivity contribution < 1.29 is 18.7 Å². The molecule has 4 heterocycles. The van der Waals surface area contributed by atoms with Crippen molar-refractivity contribution in [3.63, 3.8) is 0 Å². The van der Waals surface area contributed by atoms with Gasteiger partial charge in [-0.1, -0.05) is 6.07 Å². The van der Waals surface area contributed by atoms with Gasteiger partial charge in [0, 0.05) is 37.8 Å². The summed E-state index contributed by atoms with van der Waals surface area (Å²) in [4.78, 5) is 30.9. The third-order valence-corrected chi connectivity index (χ3v) is 5.17. The fourth-order valence-corrected chi connectivity index (χ4v) is 3.70. The van der Waals surface area contributed by atoms with Crippen LogP contribution < -0.4 is 10.1 Å². The number of carbonyl (C=O) groups is 2. The van der Waals surface area contributed by atoms with Gasteiger partial charge in [-0.25, -0.2) is 4.98 Å². The van der Waals surface area contributed by atoms with Gasteiger partial charge in [0.15, 0.2) is 0 Å². The van der Waals surface area contributed by atoms with Crippen molar-refractivity contribution >= 4 is 11.8 Å². The fraction of sp³-hybridized carbons (Fsp3) is 0.389. The first-order valence-electron chi connectivity index (χ1n) is 8.33. The molecule has 1 N–H and O–H groups in total. The summed E-state index contributed by atoms with van der Waals surface area (Å²) in [6.07, 6.45) is 5.22. The lowest BCUT2D eigenvalue weighted by molar-refractivity contribution is -0.128. The summed E-state index contributed by atoms with van der Waals surface area (Å²) in [6, 6.07) is 7.12. The van der Waals surface area contributed by atoms with Crippen LogP contribution in [0.25, 0.3) is 0 Å². The second-order valence-corrected chi connectivity index (χ2v) is 6.53. The van der Waals surface area contributed by atoms with Gasteiger partial charge in [-0.2, -0.15) is 0 Å². The van der Waals surface area contributed by atoms with E-state index in [1.165, 1.54) is 12.5 Å². The molecule has 2 amide bonds. The minimum Gasteiger partial charge on any atom is -0.477 e. The van der Waals surface area contributed by atoms with Crippen LogP contribution in [-0.4, -0.2) is 47.9 Å². The Bertz CT molecular complexity index is 762. The van der Waals surface area contributed by atoms with E-state index in [1.54, 1.807) is 23.2 Å². The zero-order valence-electron chi connectivity index (χ0n) is 13.7. The van der Waals surface area contributed by atoms with Crippen LogP contribution in [0, 0.1) is 11.3 Å². The highest BCUT2D eigenvalue weighted by molar-refractivity contribution is 5.95. The molecule has 130 valence electrons. The van der Waals surface area contributed by atoms with E-state index in [0.717, 1.165) is 0 Å². The van der Waals surface area contributed by atoms with Crippen LogP contribution in [0.5, 0.6) is 5.88 Å². The van der Waals surface area contributed by atoms with Crippen molar-refractivity contribution in [1.82, 2.24) is 15.2 Å². The molecule has 7 nitrogen and oxygen atoms in total. The highest BCUT2D eigenvalue weighted by Crippen LogP contribution is 2.42. The molecular weight excluding hydrogens is 322 g/mol. The van der Waals surface area contributed by atoms with Gasteiger partial charge < -0.3 is 19.4 Å². The molecule has 2 aromatic rings. The second-order valence-electron chi connectivity index (χ2n) is 6.53. The Morgan fingerprint density at radius 1 is 1.44 bits per heavy atom. The number of furan rings is 1. The normalized spacial score (nSPS) is 25.4. The number of nitrogens with one attached hydrogen (secondary N) is 1. The molecule has 0 saturated carbocycles. The average molecular weight is 341 g/mol. The van der Waals surface area contributed by atoms with Crippen molar-refractivity contribution in [2.45, 2.75) is 6.42 Å². The van der Waals surface area contributed by atoms with Crippen molar-refractivity contribution in [2.24, 2.45) is 11.3 Å². The summed E-state index contributed by atoms with van der Waals surface area (Å²) in [5, 5.41) is 2.94. The number of likely N-dealkylation sites (tertiary alicyclic amines) is 1. The molecule has 0 radical (unpaired) electrons. The molecule has 2 fully saturated rings. The lowest BCUT2D eigenvalue weighted by Gasteiger charge is -2.27. The van der Waals surface area contributed by atoms with Gasteiger partial charge in [0.1, 0.15) is 6.26 Å². The lowest BCUT2D eigenvalue weighted by atomic mass is 9.77. The third-order valence-electron chi connectivity index (χ3n) is 5.17. The molecule has 7 heteroatoms. The smallest absolute Gasteiger partial charge is 0.257 e. The molecule has 1 spiro atoms. The van der Waals surface area contributed by atoms with Gasteiger partial charge in [0.25, 0.3) is 5.91 Å². The largest absolute Gasteiger partial charge is 0.477 e. The summed E-state index contributed by atoms with van der Waals surface area (Å²) >= 11 is 0. The SMILES string of the molecule is O=C(c1ccoc1)N1CC[C@]2(C1)C(=O)NC[C@@H]2COc1ccccn1. The first-order chi connectivity index (χ1) is 12.2. The topological polar surface area (TPSA) is 84.7 Å². The highest BCUT2D eigenvalue weighted by atomic mass is 16.5. The van der Waals surface area contributed by atoms with Gasteiger partial charge in [-0.15, -0.1) is 0 Å². The number of hydrogen-bond donors (Lipinski definition) is 1. The molecule has 2 atom stereocenters. The zero-order valence-corrected chi connectivity index (χ0v) is 13.7. The average Bonchev–Trinajstić information content (AvgIpc) is 3.37. The number of rotatable bonds is 4. The Morgan fingerprint density at radius 3 is 3.12 bits per heavy atom. The van der Waals surface area contributed by atoms with E-state index in [-0.39, 0.29) is 17.7 Å². The first kappa shape index (κ1) is 15.7. The Hall–Kier alpha value is -2.83. The zero-order chi connectivity index (χ0) is 17.3. The molecule has 0 aliphatic carbocycles. The summed E-state index contributed by atoms with van der Waals surface area (Å²) in [5.41, 5.74) is -0.0782. The van der Waals surface area contributed by atoms with Crippen LogP contribution in [0.1, 0.15) is 16.8 Å². The van der Waals surface area contributed by atoms with Gasteiger partial charge >= 0.3 is 0 Å². The fourth-order valence-electron chi connectivity index (χ4n) is 3.70. The molecular formula is C18H19N3O4. The first-order valence-corrected chi connectivity index (χ1v) is 8.33. The van der Waals surface area contributed by atoms with Gasteiger partial charge in [0.2, 0.25) is 11.8 Å². The Morgan fingerprint density at radius 2 is 2.36 bits per heavy atom. The van der Waals surface area contributed by atoms with Crippen LogP contribution >= 0.6 is 0 Å². The van der Waals surface area contributed by atoms with Gasteiger partial charge in [0.05, 0.1) is 23.8 Å². The predicted molar refractivity (Wildman–Crippen MR) is 87.9 cm³/mol. The maximum absolute atomic E-state index is 12.5. The number of pyridine rings is 1. The van der Waals surface area contributed by atoms with Crippen LogP contribution in [0.15, 0.2) is 47.4 Å². The molecule has 4 rings (SSSR count). The Labute approximate surface area is 145 Å². The molecule has 0 aromatic carbocycles. The van der Waals surface area contributed by atoms with Crippen molar-refractivity contribution in [1.29, 1.82) is 0 Å². The predicted octanol–water partition coefficient (Wildman–Crippen LogP) is 1.33. The molecule has 2 aliphatic heterocycles. The maximum atomic E-state index is 12.5. The van der Waals surface area contributed by atoms with E-state index in [9.17, 15) is 9.59 Å². The Kier molecular flexibility index (Phi) is 3.91. The molecule has 2 saturated heterocycles. The minimum atomic E-state index is -0.589. The van der Waals surface area contributed by atoms with Crippen molar-refractivity contribution in [3.05, 3.63) is 48.6 Å². The number of nitrogens with zero attached hydrogens (tertiary/aromatic N) is 2. The molecule has 2 aromatic heterocycles. The molecule has 25 heavy (non-hydrogen) atoms. The van der Waals surface area contributed by atoms with Gasteiger partial charge in [-0.3, -0.25) is 9.59 Å². The number of ether oxygens (including phenoxy) is 1. The number of carbonyl (C=O) groups excluding carboxylic acids is 2. The maximum Gasteiger partial charge on any atom is 0.257 e. The quantitative estimate of drug-likeness (QED) is 0.907. The van der Waals surface area contributed by atoms with E-state index in [2.05, 4.69) is 10.3 Å². The highest BCUT2D eigenvalue weighted by Gasteiger charge is 2.55. The standard InChI is InChI=1S/C18H19N3O4/c22-16(13-4-8-24-10-13)21-7-5-18(12-21)14(9-20-17(18)23)11-25-15-3-1-2-6-19-15/h1-4,6,8,10,14H,5,7,9,11-12H2,(H,20,23)/t14-,18-/m1/s1. The van der Waals surface area contributed by atoms with E-state index >= 15 is 0 Å². The Balaban J connectivity index is 1.47. The van der Waals surface area contributed by atoms with E-state index < -0.39 is 5.41 Å².